The van der Waals surface area contributed by atoms with Gasteiger partial charge in [0.15, 0.2) is 0 Å². The fraction of sp³-hybridized carbons (Fsp3) is 0.529. The predicted molar refractivity (Wildman–Crippen MR) is 91.0 cm³/mol. The van der Waals surface area contributed by atoms with Crippen molar-refractivity contribution in [2.45, 2.75) is 45.4 Å². The van der Waals surface area contributed by atoms with Crippen LogP contribution in [0.2, 0.25) is 0 Å². The summed E-state index contributed by atoms with van der Waals surface area (Å²) in [6, 6.07) is 4.21. The van der Waals surface area contributed by atoms with E-state index >= 15 is 0 Å². The van der Waals surface area contributed by atoms with E-state index in [4.69, 9.17) is 0 Å². The SMILES string of the molecule is CCCCCCCN(CCc1cscn1)c1ccncc1. The first-order valence-electron chi connectivity index (χ1n) is 7.92. The maximum atomic E-state index is 4.38. The van der Waals surface area contributed by atoms with Crippen molar-refractivity contribution in [3.63, 3.8) is 0 Å². The quantitative estimate of drug-likeness (QED) is 0.603. The van der Waals surface area contributed by atoms with Gasteiger partial charge in [0.1, 0.15) is 0 Å². The van der Waals surface area contributed by atoms with Crippen LogP contribution in [-0.2, 0) is 6.42 Å². The molecular formula is C17H25N3S. The molecule has 0 saturated carbocycles. The molecule has 0 fully saturated rings. The molecule has 0 spiro atoms. The van der Waals surface area contributed by atoms with Crippen molar-refractivity contribution in [2.75, 3.05) is 18.0 Å². The molecule has 0 atom stereocenters. The minimum atomic E-state index is 1.01. The second kappa shape index (κ2) is 9.50. The highest BCUT2D eigenvalue weighted by atomic mass is 32.1. The third kappa shape index (κ3) is 5.84. The van der Waals surface area contributed by atoms with E-state index < -0.39 is 0 Å². The topological polar surface area (TPSA) is 29.0 Å². The lowest BCUT2D eigenvalue weighted by molar-refractivity contribution is 0.616. The van der Waals surface area contributed by atoms with Gasteiger partial charge < -0.3 is 4.90 Å². The first kappa shape index (κ1) is 16.0. The second-order valence-corrected chi connectivity index (χ2v) is 6.06. The van der Waals surface area contributed by atoms with Crippen molar-refractivity contribution in [2.24, 2.45) is 0 Å². The van der Waals surface area contributed by atoms with Crippen LogP contribution < -0.4 is 4.90 Å². The van der Waals surface area contributed by atoms with Gasteiger partial charge in [0.05, 0.1) is 11.2 Å². The molecule has 0 saturated heterocycles. The minimum absolute atomic E-state index is 1.01. The number of hydrogen-bond acceptors (Lipinski definition) is 4. The lowest BCUT2D eigenvalue weighted by atomic mass is 10.1. The fourth-order valence-electron chi connectivity index (χ4n) is 2.44. The molecule has 0 radical (unpaired) electrons. The molecule has 4 heteroatoms. The molecule has 0 aromatic carbocycles. The molecule has 3 nitrogen and oxygen atoms in total. The molecule has 2 heterocycles. The summed E-state index contributed by atoms with van der Waals surface area (Å²) in [6.07, 6.45) is 11.4. The Hall–Kier alpha value is -1.42. The summed E-state index contributed by atoms with van der Waals surface area (Å²) in [6.45, 7) is 4.41. The van der Waals surface area contributed by atoms with Crippen molar-refractivity contribution in [1.82, 2.24) is 9.97 Å². The number of aromatic nitrogens is 2. The first-order chi connectivity index (χ1) is 10.4. The van der Waals surface area contributed by atoms with Gasteiger partial charge >= 0.3 is 0 Å². The average Bonchev–Trinajstić information content (AvgIpc) is 3.04. The van der Waals surface area contributed by atoms with Gasteiger partial charge in [0.25, 0.3) is 0 Å². The highest BCUT2D eigenvalue weighted by Gasteiger charge is 2.07. The summed E-state index contributed by atoms with van der Waals surface area (Å²) in [4.78, 5) is 11.0. The summed E-state index contributed by atoms with van der Waals surface area (Å²) in [5, 5.41) is 2.14. The highest BCUT2D eigenvalue weighted by Crippen LogP contribution is 2.15. The summed E-state index contributed by atoms with van der Waals surface area (Å²) in [5.74, 6) is 0. The normalized spacial score (nSPS) is 10.7. The maximum absolute atomic E-state index is 4.38. The van der Waals surface area contributed by atoms with Crippen LogP contribution in [0.15, 0.2) is 35.4 Å². The summed E-state index contributed by atoms with van der Waals surface area (Å²) in [5.41, 5.74) is 4.39. The van der Waals surface area contributed by atoms with Gasteiger partial charge in [-0.2, -0.15) is 0 Å². The first-order valence-corrected chi connectivity index (χ1v) is 8.86. The van der Waals surface area contributed by atoms with Gasteiger partial charge in [-0.15, -0.1) is 11.3 Å². The lowest BCUT2D eigenvalue weighted by Crippen LogP contribution is -2.27. The van der Waals surface area contributed by atoms with Crippen LogP contribution in [-0.4, -0.2) is 23.1 Å². The van der Waals surface area contributed by atoms with Crippen molar-refractivity contribution < 1.29 is 0 Å². The van der Waals surface area contributed by atoms with E-state index in [-0.39, 0.29) is 0 Å². The van der Waals surface area contributed by atoms with Gasteiger partial charge in [-0.3, -0.25) is 4.98 Å². The largest absolute Gasteiger partial charge is 0.371 e. The van der Waals surface area contributed by atoms with E-state index in [9.17, 15) is 0 Å². The molecule has 2 aromatic heterocycles. The van der Waals surface area contributed by atoms with E-state index in [1.165, 1.54) is 43.5 Å². The molecule has 0 aliphatic rings. The molecule has 0 N–H and O–H groups in total. The van der Waals surface area contributed by atoms with Crippen LogP contribution in [0.5, 0.6) is 0 Å². The highest BCUT2D eigenvalue weighted by molar-refractivity contribution is 7.07. The number of hydrogen-bond donors (Lipinski definition) is 0. The zero-order valence-corrected chi connectivity index (χ0v) is 13.7. The van der Waals surface area contributed by atoms with Crippen molar-refractivity contribution in [3.05, 3.63) is 41.1 Å². The third-order valence-corrected chi connectivity index (χ3v) is 4.32. The zero-order valence-electron chi connectivity index (χ0n) is 12.9. The minimum Gasteiger partial charge on any atom is -0.371 e. The Morgan fingerprint density at radius 1 is 1.05 bits per heavy atom. The molecule has 0 unspecified atom stereocenters. The van der Waals surface area contributed by atoms with E-state index in [1.807, 2.05) is 17.9 Å². The van der Waals surface area contributed by atoms with Crippen LogP contribution in [0.25, 0.3) is 0 Å². The molecule has 0 bridgehead atoms. The lowest BCUT2D eigenvalue weighted by Gasteiger charge is -2.24. The summed E-state index contributed by atoms with van der Waals surface area (Å²) < 4.78 is 0. The molecular weight excluding hydrogens is 278 g/mol. The molecule has 0 amide bonds. The Bertz CT molecular complexity index is 470. The summed E-state index contributed by atoms with van der Waals surface area (Å²) >= 11 is 1.67. The molecule has 114 valence electrons. The van der Waals surface area contributed by atoms with Crippen molar-refractivity contribution in [3.8, 4) is 0 Å². The average molecular weight is 303 g/mol. The molecule has 21 heavy (non-hydrogen) atoms. The maximum Gasteiger partial charge on any atom is 0.0794 e. The number of anilines is 1. The number of thiazole rings is 1. The zero-order chi connectivity index (χ0) is 14.8. The van der Waals surface area contributed by atoms with Crippen LogP contribution >= 0.6 is 11.3 Å². The van der Waals surface area contributed by atoms with Gasteiger partial charge in [0.2, 0.25) is 0 Å². The van der Waals surface area contributed by atoms with Gasteiger partial charge in [-0.1, -0.05) is 32.6 Å². The predicted octanol–water partition coefficient (Wildman–Crippen LogP) is 4.56. The third-order valence-electron chi connectivity index (χ3n) is 3.68. The Morgan fingerprint density at radius 3 is 2.57 bits per heavy atom. The molecule has 0 aliphatic heterocycles. The number of rotatable bonds is 10. The Labute approximate surface area is 132 Å². The standard InChI is InChI=1S/C17H25N3S/c1-2-3-4-5-6-12-20(17-7-10-18-11-8-17)13-9-16-14-21-15-19-16/h7-8,10-11,14-15H,2-6,9,12-13H2,1H3. The van der Waals surface area contributed by atoms with Crippen LogP contribution in [0.1, 0.15) is 44.7 Å². The van der Waals surface area contributed by atoms with E-state index in [2.05, 4.69) is 39.3 Å². The van der Waals surface area contributed by atoms with E-state index in [1.54, 1.807) is 11.3 Å². The van der Waals surface area contributed by atoms with Crippen molar-refractivity contribution >= 4 is 17.0 Å². The number of nitrogens with zero attached hydrogens (tertiary/aromatic N) is 3. The van der Waals surface area contributed by atoms with Crippen LogP contribution in [0.4, 0.5) is 5.69 Å². The Balaban J connectivity index is 1.84. The Kier molecular flexibility index (Phi) is 7.22. The monoisotopic (exact) mass is 303 g/mol. The molecule has 0 aliphatic carbocycles. The number of unbranched alkanes of at least 4 members (excludes halogenated alkanes) is 4. The summed E-state index contributed by atoms with van der Waals surface area (Å²) in [7, 11) is 0. The van der Waals surface area contributed by atoms with E-state index in [0.29, 0.717) is 0 Å². The van der Waals surface area contributed by atoms with Gasteiger partial charge in [-0.05, 0) is 18.6 Å². The molecule has 2 aromatic rings. The molecule has 2 rings (SSSR count). The smallest absolute Gasteiger partial charge is 0.0794 e. The Morgan fingerprint density at radius 2 is 1.86 bits per heavy atom. The van der Waals surface area contributed by atoms with Crippen LogP contribution in [0, 0.1) is 0 Å². The van der Waals surface area contributed by atoms with Crippen molar-refractivity contribution in [1.29, 1.82) is 0 Å². The van der Waals surface area contributed by atoms with Gasteiger partial charge in [-0.25, -0.2) is 4.98 Å². The second-order valence-electron chi connectivity index (χ2n) is 5.34. The van der Waals surface area contributed by atoms with Crippen LogP contribution in [0.3, 0.4) is 0 Å². The fourth-order valence-corrected chi connectivity index (χ4v) is 3.03. The van der Waals surface area contributed by atoms with E-state index in [0.717, 1.165) is 19.5 Å². The van der Waals surface area contributed by atoms with Gasteiger partial charge in [0, 0.05) is 43.0 Å². The number of pyridine rings is 1.